The lowest BCUT2D eigenvalue weighted by Crippen LogP contribution is -2.50. The quantitative estimate of drug-likeness (QED) is 0.308. The molecule has 38 heavy (non-hydrogen) atoms. The summed E-state index contributed by atoms with van der Waals surface area (Å²) in [6, 6.07) is 0.0847. The fourth-order valence-corrected chi connectivity index (χ4v) is 5.11. The van der Waals surface area contributed by atoms with Gasteiger partial charge in [-0.15, -0.1) is 0 Å². The smallest absolute Gasteiger partial charge is 0.276 e. The maximum atomic E-state index is 13.6. The first-order valence-corrected chi connectivity index (χ1v) is 13.0. The summed E-state index contributed by atoms with van der Waals surface area (Å²) in [4.78, 5) is 39.1. The molecule has 2 aliphatic rings. The summed E-state index contributed by atoms with van der Waals surface area (Å²) in [6.07, 6.45) is 7.70. The number of aromatic amines is 1. The number of amides is 2. The molecule has 0 aliphatic heterocycles. The van der Waals surface area contributed by atoms with Crippen molar-refractivity contribution in [3.05, 3.63) is 50.9 Å². The molecule has 3 aromatic rings. The molecule has 0 radical (unpaired) electrons. The zero-order valence-corrected chi connectivity index (χ0v) is 21.8. The Morgan fingerprint density at radius 1 is 1.26 bits per heavy atom. The molecule has 2 atom stereocenters. The van der Waals surface area contributed by atoms with Crippen molar-refractivity contribution in [2.45, 2.75) is 51.1 Å². The van der Waals surface area contributed by atoms with E-state index in [0.717, 1.165) is 25.7 Å². The fourth-order valence-electron chi connectivity index (χ4n) is 4.95. The topological polar surface area (TPSA) is 170 Å². The number of aryl methyl sites for hydroxylation is 1. The number of halogens is 1. The van der Waals surface area contributed by atoms with Crippen molar-refractivity contribution in [3.8, 4) is 0 Å². The van der Waals surface area contributed by atoms with Gasteiger partial charge in [0.25, 0.3) is 11.5 Å². The van der Waals surface area contributed by atoms with Crippen LogP contribution in [0.4, 0.5) is 5.69 Å². The molecule has 2 aliphatic carbocycles. The number of nitrogens with zero attached hydrogens (tertiary/aromatic N) is 5. The number of ether oxygens (including phenoxy) is 1. The maximum absolute atomic E-state index is 13.6. The lowest BCUT2D eigenvalue weighted by Gasteiger charge is -2.27. The molecule has 2 saturated carbocycles. The van der Waals surface area contributed by atoms with E-state index in [9.17, 15) is 14.4 Å². The van der Waals surface area contributed by atoms with Crippen LogP contribution >= 0.6 is 11.6 Å². The van der Waals surface area contributed by atoms with Gasteiger partial charge in [0, 0.05) is 18.9 Å². The molecule has 3 aromatic heterocycles. The lowest BCUT2D eigenvalue weighted by molar-refractivity contribution is -0.119. The number of methoxy groups -OCH3 is 1. The van der Waals surface area contributed by atoms with Crippen molar-refractivity contribution >= 4 is 29.1 Å². The Kier molecular flexibility index (Phi) is 7.56. The van der Waals surface area contributed by atoms with Crippen molar-refractivity contribution in [1.82, 2.24) is 35.6 Å². The van der Waals surface area contributed by atoms with E-state index in [1.54, 1.807) is 6.20 Å². The monoisotopic (exact) mass is 544 g/mol. The van der Waals surface area contributed by atoms with Crippen LogP contribution in [-0.2, 0) is 16.0 Å². The Bertz CT molecular complexity index is 1350. The van der Waals surface area contributed by atoms with Crippen molar-refractivity contribution in [2.75, 3.05) is 19.0 Å². The van der Waals surface area contributed by atoms with Gasteiger partial charge in [-0.2, -0.15) is 10.2 Å². The molecule has 5 rings (SSSR count). The van der Waals surface area contributed by atoms with Gasteiger partial charge in [0.2, 0.25) is 5.91 Å². The van der Waals surface area contributed by atoms with Gasteiger partial charge in [-0.25, -0.2) is 9.73 Å². The number of carbonyl (C=O) groups excluding carboxylic acids is 2. The first-order chi connectivity index (χ1) is 18.4. The van der Waals surface area contributed by atoms with Crippen LogP contribution in [0.15, 0.2) is 27.9 Å². The average Bonchev–Trinajstić information content (AvgIpc) is 3.83. The van der Waals surface area contributed by atoms with Gasteiger partial charge in [0.05, 0.1) is 18.5 Å². The Labute approximate surface area is 222 Å². The van der Waals surface area contributed by atoms with Crippen LogP contribution in [0, 0.1) is 17.8 Å². The highest BCUT2D eigenvalue weighted by molar-refractivity contribution is 6.29. The van der Waals surface area contributed by atoms with E-state index in [1.165, 1.54) is 24.1 Å². The second-order valence-electron chi connectivity index (χ2n) is 9.76. The van der Waals surface area contributed by atoms with Crippen LogP contribution in [0.25, 0.3) is 0 Å². The van der Waals surface area contributed by atoms with E-state index in [4.69, 9.17) is 21.0 Å². The Morgan fingerprint density at radius 3 is 2.66 bits per heavy atom. The summed E-state index contributed by atoms with van der Waals surface area (Å²) >= 11 is 5.99. The number of hydrogen-bond donors (Lipinski definition) is 3. The van der Waals surface area contributed by atoms with Crippen molar-refractivity contribution in [2.24, 2.45) is 17.8 Å². The minimum atomic E-state index is -0.760. The molecule has 0 aromatic carbocycles. The molecule has 0 spiro atoms. The predicted octanol–water partition coefficient (Wildman–Crippen LogP) is 1.97. The molecular formula is C24H29ClN8O5. The predicted molar refractivity (Wildman–Crippen MR) is 135 cm³/mol. The third kappa shape index (κ3) is 5.63. The van der Waals surface area contributed by atoms with Gasteiger partial charge in [-0.1, -0.05) is 23.7 Å². The highest BCUT2D eigenvalue weighted by Gasteiger charge is 2.48. The van der Waals surface area contributed by atoms with Crippen LogP contribution < -0.4 is 16.2 Å². The highest BCUT2D eigenvalue weighted by atomic mass is 35.5. The molecule has 14 heteroatoms. The van der Waals surface area contributed by atoms with E-state index in [0.29, 0.717) is 35.2 Å². The number of H-pyrrole nitrogens is 1. The number of hydrogen-bond acceptors (Lipinski definition) is 9. The third-order valence-corrected chi connectivity index (χ3v) is 7.26. The molecule has 2 fully saturated rings. The van der Waals surface area contributed by atoms with Crippen LogP contribution in [0.3, 0.4) is 0 Å². The van der Waals surface area contributed by atoms with Crippen molar-refractivity contribution < 1.29 is 19.0 Å². The maximum Gasteiger partial charge on any atom is 0.276 e. The summed E-state index contributed by atoms with van der Waals surface area (Å²) in [5.74, 6) is -0.0330. The summed E-state index contributed by atoms with van der Waals surface area (Å²) in [5.41, 5.74) is 0.828. The Balaban J connectivity index is 1.37. The van der Waals surface area contributed by atoms with Crippen LogP contribution in [-0.4, -0.2) is 61.9 Å². The molecule has 3 heterocycles. The van der Waals surface area contributed by atoms with E-state index in [1.807, 2.05) is 6.92 Å². The fraction of sp³-hybridized carbons (Fsp3) is 0.542. The summed E-state index contributed by atoms with van der Waals surface area (Å²) in [5, 5.41) is 23.9. The minimum absolute atomic E-state index is 0.0256. The van der Waals surface area contributed by atoms with Gasteiger partial charge in [-0.3, -0.25) is 19.1 Å². The normalized spacial score (nSPS) is 16.8. The van der Waals surface area contributed by atoms with Crippen molar-refractivity contribution in [3.63, 3.8) is 0 Å². The van der Waals surface area contributed by atoms with Crippen LogP contribution in [0.5, 0.6) is 0 Å². The number of rotatable bonds is 12. The zero-order valence-electron chi connectivity index (χ0n) is 21.0. The third-order valence-electron chi connectivity index (χ3n) is 7.07. The number of carbonyl (C=O) groups is 2. The second kappa shape index (κ2) is 11.0. The van der Waals surface area contributed by atoms with E-state index in [2.05, 4.69) is 36.2 Å². The van der Waals surface area contributed by atoms with Crippen molar-refractivity contribution in [1.29, 1.82) is 0 Å². The van der Waals surface area contributed by atoms with Gasteiger partial charge >= 0.3 is 0 Å². The highest BCUT2D eigenvalue weighted by Crippen LogP contribution is 2.51. The number of anilines is 1. The zero-order chi connectivity index (χ0) is 26.8. The van der Waals surface area contributed by atoms with Crippen LogP contribution in [0.1, 0.15) is 60.4 Å². The summed E-state index contributed by atoms with van der Waals surface area (Å²) in [7, 11) is 1.51. The minimum Gasteiger partial charge on any atom is -0.382 e. The second-order valence-corrected chi connectivity index (χ2v) is 10.1. The van der Waals surface area contributed by atoms with Gasteiger partial charge < -0.3 is 15.4 Å². The number of aromatic nitrogens is 6. The first-order valence-electron chi connectivity index (χ1n) is 12.6. The standard InChI is InChI=1S/C24H29ClN8O5/c1-3-16-20(32-38-31-16)23(35)28-21(19(12-4-5-12)13-6-7-13)24(36)27-14-9-26-33(10-14)17(11-37-2)15-8-18(25)29-30-22(15)34/h8-10,12-13,17,19,21H,3-7,11H2,1-2H3,(H,27,36)(H,28,35)(H,30,34)/t17?,21-/m0/s1. The molecule has 202 valence electrons. The molecule has 0 bridgehead atoms. The largest absolute Gasteiger partial charge is 0.382 e. The molecule has 3 N–H and O–H groups in total. The van der Waals surface area contributed by atoms with Crippen LogP contribution in [0.2, 0.25) is 5.15 Å². The van der Waals surface area contributed by atoms with Gasteiger partial charge in [0.15, 0.2) is 5.69 Å². The molecule has 1 unspecified atom stereocenters. The first kappa shape index (κ1) is 26.0. The van der Waals surface area contributed by atoms with E-state index in [-0.39, 0.29) is 29.3 Å². The summed E-state index contributed by atoms with van der Waals surface area (Å²) in [6.45, 7) is 1.98. The molecular weight excluding hydrogens is 516 g/mol. The molecule has 2 amide bonds. The average molecular weight is 545 g/mol. The lowest BCUT2D eigenvalue weighted by atomic mass is 9.88. The Morgan fingerprint density at radius 2 is 2.00 bits per heavy atom. The molecule has 13 nitrogen and oxygen atoms in total. The van der Waals surface area contributed by atoms with E-state index < -0.39 is 23.6 Å². The SMILES string of the molecule is CCc1nonc1C(=O)N[C@H](C(=O)Nc1cnn(C(COC)c2cc(Cl)n[nH]c2=O)c1)C(C1CC1)C1CC1. The number of nitrogens with one attached hydrogen (secondary N) is 3. The Hall–Kier alpha value is -3.58. The van der Waals surface area contributed by atoms with Gasteiger partial charge in [-0.05, 0) is 61.1 Å². The van der Waals surface area contributed by atoms with Gasteiger partial charge in [0.1, 0.15) is 22.9 Å². The summed E-state index contributed by atoms with van der Waals surface area (Å²) < 4.78 is 11.6. The van der Waals surface area contributed by atoms with E-state index >= 15 is 0 Å². The molecule has 0 saturated heterocycles.